The van der Waals surface area contributed by atoms with Crippen LogP contribution in [0.4, 0.5) is 0 Å². The predicted octanol–water partition coefficient (Wildman–Crippen LogP) is 4.79. The number of ether oxygens (including phenoxy) is 1. The average Bonchev–Trinajstić information content (AvgIpc) is 3.03. The highest BCUT2D eigenvalue weighted by Crippen LogP contribution is 2.34. The van der Waals surface area contributed by atoms with Crippen molar-refractivity contribution in [2.75, 3.05) is 12.4 Å². The van der Waals surface area contributed by atoms with Crippen LogP contribution in [0.1, 0.15) is 18.0 Å². The molecule has 25 heavy (non-hydrogen) atoms. The summed E-state index contributed by atoms with van der Waals surface area (Å²) in [5.41, 5.74) is 2.01. The number of fused-ring (bicyclic) bond motifs is 2. The lowest BCUT2D eigenvalue weighted by molar-refractivity contribution is -0.119. The quantitative estimate of drug-likeness (QED) is 0.599. The molecule has 3 aromatic rings. The number of halogens is 1. The van der Waals surface area contributed by atoms with Gasteiger partial charge in [0, 0.05) is 16.5 Å². The molecule has 0 bridgehead atoms. The first-order valence-electron chi connectivity index (χ1n) is 7.89. The topological polar surface area (TPSA) is 51.2 Å². The summed E-state index contributed by atoms with van der Waals surface area (Å²) in [4.78, 5) is 16.9. The molecule has 1 aromatic heterocycles. The summed E-state index contributed by atoms with van der Waals surface area (Å²) in [6, 6.07) is 13.9. The fourth-order valence-corrected chi connectivity index (χ4v) is 5.05. The van der Waals surface area contributed by atoms with Crippen LogP contribution in [0.2, 0.25) is 0 Å². The molecule has 0 fully saturated rings. The monoisotopic (exact) mass is 434 g/mol. The molecule has 1 amide bonds. The van der Waals surface area contributed by atoms with Crippen molar-refractivity contribution in [3.8, 4) is 5.75 Å². The van der Waals surface area contributed by atoms with Crippen LogP contribution in [-0.4, -0.2) is 23.3 Å². The average molecular weight is 435 g/mol. The van der Waals surface area contributed by atoms with E-state index in [2.05, 4.69) is 26.2 Å². The minimum atomic E-state index is -0.00952. The molecule has 1 aliphatic rings. The molecule has 0 saturated carbocycles. The lowest BCUT2D eigenvalue weighted by Gasteiger charge is -2.26. The van der Waals surface area contributed by atoms with Crippen molar-refractivity contribution < 1.29 is 9.53 Å². The Balaban J connectivity index is 1.40. The van der Waals surface area contributed by atoms with Crippen LogP contribution in [0, 0.1) is 0 Å². The van der Waals surface area contributed by atoms with Crippen molar-refractivity contribution in [3.63, 3.8) is 0 Å². The van der Waals surface area contributed by atoms with E-state index in [1.165, 1.54) is 11.8 Å². The highest BCUT2D eigenvalue weighted by atomic mass is 79.9. The molecular weight excluding hydrogens is 420 g/mol. The third kappa shape index (κ3) is 3.83. The molecule has 1 unspecified atom stereocenters. The van der Waals surface area contributed by atoms with Gasteiger partial charge in [0.25, 0.3) is 0 Å². The number of nitrogens with one attached hydrogen (secondary N) is 1. The van der Waals surface area contributed by atoms with Gasteiger partial charge in [0.15, 0.2) is 4.34 Å². The van der Waals surface area contributed by atoms with Crippen LogP contribution >= 0.6 is 39.0 Å². The maximum absolute atomic E-state index is 12.4. The summed E-state index contributed by atoms with van der Waals surface area (Å²) in [7, 11) is 0. The lowest BCUT2D eigenvalue weighted by atomic mass is 10.0. The molecule has 7 heteroatoms. The Morgan fingerprint density at radius 3 is 3.12 bits per heavy atom. The number of nitrogens with zero attached hydrogens (tertiary/aromatic N) is 1. The van der Waals surface area contributed by atoms with E-state index in [0.29, 0.717) is 12.4 Å². The SMILES string of the molecule is O=C(CSc1nc2ccccc2s1)NC1CCOc2ccc(Br)cc21. The van der Waals surface area contributed by atoms with Crippen LogP contribution < -0.4 is 10.1 Å². The van der Waals surface area contributed by atoms with Crippen LogP contribution in [0.15, 0.2) is 51.3 Å². The molecule has 0 radical (unpaired) electrons. The van der Waals surface area contributed by atoms with Gasteiger partial charge in [0.2, 0.25) is 5.91 Å². The fourth-order valence-electron chi connectivity index (χ4n) is 2.79. The Kier molecular flexibility index (Phi) is 4.96. The minimum absolute atomic E-state index is 0.00952. The zero-order chi connectivity index (χ0) is 17.2. The predicted molar refractivity (Wildman–Crippen MR) is 105 cm³/mol. The largest absolute Gasteiger partial charge is 0.493 e. The van der Waals surface area contributed by atoms with Gasteiger partial charge in [0.05, 0.1) is 28.6 Å². The number of para-hydroxylation sites is 1. The molecule has 0 spiro atoms. The Morgan fingerprint density at radius 2 is 2.24 bits per heavy atom. The van der Waals surface area contributed by atoms with Crippen LogP contribution in [0.25, 0.3) is 10.2 Å². The molecule has 0 aliphatic carbocycles. The number of hydrogen-bond acceptors (Lipinski definition) is 5. The number of aromatic nitrogens is 1. The summed E-state index contributed by atoms with van der Waals surface area (Å²) in [6.07, 6.45) is 0.779. The van der Waals surface area contributed by atoms with Gasteiger partial charge in [-0.15, -0.1) is 11.3 Å². The Labute approximate surface area is 162 Å². The van der Waals surface area contributed by atoms with Crippen LogP contribution in [0.5, 0.6) is 5.75 Å². The molecular formula is C18H15BrN2O2S2. The fraction of sp³-hybridized carbons (Fsp3) is 0.222. The van der Waals surface area contributed by atoms with Gasteiger partial charge in [0.1, 0.15) is 5.75 Å². The number of hydrogen-bond donors (Lipinski definition) is 1. The summed E-state index contributed by atoms with van der Waals surface area (Å²) >= 11 is 6.59. The molecule has 4 nitrogen and oxygen atoms in total. The Bertz CT molecular complexity index is 895. The van der Waals surface area contributed by atoms with Crippen molar-refractivity contribution >= 4 is 55.2 Å². The number of carbonyl (C=O) groups is 1. The highest BCUT2D eigenvalue weighted by Gasteiger charge is 2.23. The van der Waals surface area contributed by atoms with Gasteiger partial charge in [-0.25, -0.2) is 4.98 Å². The van der Waals surface area contributed by atoms with Crippen molar-refractivity contribution in [1.82, 2.24) is 10.3 Å². The molecule has 0 saturated heterocycles. The minimum Gasteiger partial charge on any atom is -0.493 e. The van der Waals surface area contributed by atoms with Gasteiger partial charge < -0.3 is 10.1 Å². The van der Waals surface area contributed by atoms with E-state index in [-0.39, 0.29) is 11.9 Å². The molecule has 2 aromatic carbocycles. The van der Waals surface area contributed by atoms with Gasteiger partial charge in [-0.3, -0.25) is 4.79 Å². The molecule has 2 heterocycles. The smallest absolute Gasteiger partial charge is 0.230 e. The summed E-state index contributed by atoms with van der Waals surface area (Å²) < 4.78 is 8.72. The van der Waals surface area contributed by atoms with Gasteiger partial charge in [-0.2, -0.15) is 0 Å². The van der Waals surface area contributed by atoms with E-state index in [1.807, 2.05) is 42.5 Å². The summed E-state index contributed by atoms with van der Waals surface area (Å²) in [5, 5.41) is 3.12. The number of thioether (sulfide) groups is 1. The molecule has 1 aliphatic heterocycles. The second-order valence-corrected chi connectivity index (χ2v) is 8.84. The first kappa shape index (κ1) is 16.9. The second-order valence-electron chi connectivity index (χ2n) is 5.68. The number of benzene rings is 2. The third-order valence-electron chi connectivity index (χ3n) is 3.95. The number of amides is 1. The number of carbonyl (C=O) groups excluding carboxylic acids is 1. The maximum Gasteiger partial charge on any atom is 0.230 e. The summed E-state index contributed by atoms with van der Waals surface area (Å²) in [5.74, 6) is 1.22. The van der Waals surface area contributed by atoms with Crippen LogP contribution in [0.3, 0.4) is 0 Å². The maximum atomic E-state index is 12.4. The normalized spacial score (nSPS) is 16.3. The highest BCUT2D eigenvalue weighted by molar-refractivity contribution is 9.10. The van der Waals surface area contributed by atoms with Crippen molar-refractivity contribution in [1.29, 1.82) is 0 Å². The summed E-state index contributed by atoms with van der Waals surface area (Å²) in [6.45, 7) is 0.616. The standard InChI is InChI=1S/C18H15BrN2O2S2/c19-11-5-6-15-12(9-11)13(7-8-23-15)20-17(22)10-24-18-21-14-3-1-2-4-16(14)25-18/h1-6,9,13H,7-8,10H2,(H,20,22). The van der Waals surface area contributed by atoms with Crippen LogP contribution in [-0.2, 0) is 4.79 Å². The first-order chi connectivity index (χ1) is 12.2. The van der Waals surface area contributed by atoms with Gasteiger partial charge >= 0.3 is 0 Å². The van der Waals surface area contributed by atoms with E-state index in [0.717, 1.165) is 36.8 Å². The third-order valence-corrected chi connectivity index (χ3v) is 6.62. The number of rotatable bonds is 4. The van der Waals surface area contributed by atoms with E-state index in [1.54, 1.807) is 11.3 Å². The molecule has 4 rings (SSSR count). The van der Waals surface area contributed by atoms with Gasteiger partial charge in [-0.1, -0.05) is 39.8 Å². The molecule has 1 atom stereocenters. The Morgan fingerprint density at radius 1 is 1.36 bits per heavy atom. The van der Waals surface area contributed by atoms with E-state index < -0.39 is 0 Å². The second kappa shape index (κ2) is 7.35. The van der Waals surface area contributed by atoms with Gasteiger partial charge in [-0.05, 0) is 30.3 Å². The lowest BCUT2D eigenvalue weighted by Crippen LogP contribution is -2.33. The zero-order valence-electron chi connectivity index (χ0n) is 13.2. The number of thiazole rings is 1. The molecule has 1 N–H and O–H groups in total. The van der Waals surface area contributed by atoms with E-state index in [4.69, 9.17) is 4.74 Å². The van der Waals surface area contributed by atoms with Crippen molar-refractivity contribution in [2.45, 2.75) is 16.8 Å². The van der Waals surface area contributed by atoms with Crippen molar-refractivity contribution in [3.05, 3.63) is 52.5 Å². The van der Waals surface area contributed by atoms with E-state index >= 15 is 0 Å². The zero-order valence-corrected chi connectivity index (χ0v) is 16.4. The van der Waals surface area contributed by atoms with E-state index in [9.17, 15) is 4.79 Å². The molecule has 128 valence electrons. The Hall–Kier alpha value is -1.57. The van der Waals surface area contributed by atoms with Crippen molar-refractivity contribution in [2.24, 2.45) is 0 Å². The first-order valence-corrected chi connectivity index (χ1v) is 10.5.